The number of aromatic nitrogens is 4. The van der Waals surface area contributed by atoms with Crippen molar-refractivity contribution in [3.63, 3.8) is 0 Å². The van der Waals surface area contributed by atoms with Crippen LogP contribution in [0.5, 0.6) is 0 Å². The van der Waals surface area contributed by atoms with E-state index in [1.807, 2.05) is 0 Å². The number of halogens is 3. The summed E-state index contributed by atoms with van der Waals surface area (Å²) in [6.45, 7) is 1.71. The van der Waals surface area contributed by atoms with Crippen LogP contribution in [0.3, 0.4) is 0 Å². The van der Waals surface area contributed by atoms with Crippen molar-refractivity contribution in [2.24, 2.45) is 0 Å². The number of hydrogen-bond acceptors (Lipinski definition) is 6. The van der Waals surface area contributed by atoms with Gasteiger partial charge >= 0.3 is 0 Å². The maximum atomic E-state index is 12.7. The van der Waals surface area contributed by atoms with Gasteiger partial charge in [0.15, 0.2) is 21.5 Å². The minimum absolute atomic E-state index is 0.0425. The second kappa shape index (κ2) is 8.39. The molecule has 12 heteroatoms. The maximum Gasteiger partial charge on any atom is 0.251 e. The van der Waals surface area contributed by atoms with Gasteiger partial charge in [-0.2, -0.15) is 4.68 Å². The molecule has 2 heterocycles. The third-order valence-corrected chi connectivity index (χ3v) is 5.70. The zero-order valence-electron chi connectivity index (χ0n) is 15.1. The number of sulfone groups is 1. The highest BCUT2D eigenvalue weighted by Crippen LogP contribution is 2.22. The highest BCUT2D eigenvalue weighted by Gasteiger charge is 2.21. The van der Waals surface area contributed by atoms with Crippen LogP contribution in [0.2, 0.25) is 10.0 Å². The van der Waals surface area contributed by atoms with Crippen LogP contribution in [0, 0.1) is 0 Å². The summed E-state index contributed by atoms with van der Waals surface area (Å²) >= 11 is 15.1. The summed E-state index contributed by atoms with van der Waals surface area (Å²) in [6.07, 6.45) is 2.51. The van der Waals surface area contributed by atoms with Crippen LogP contribution in [0.1, 0.15) is 29.1 Å². The Balaban J connectivity index is 1.90. The summed E-state index contributed by atoms with van der Waals surface area (Å²) in [5.41, 5.74) is 0.111. The number of nitrogens with zero attached hydrogens (tertiary/aromatic N) is 4. The molecule has 2 aromatic heterocycles. The molecule has 1 unspecified atom stereocenters. The monoisotopic (exact) mass is 517 g/mol. The van der Waals surface area contributed by atoms with Gasteiger partial charge in [0.1, 0.15) is 0 Å². The fourth-order valence-electron chi connectivity index (χ4n) is 2.49. The van der Waals surface area contributed by atoms with Crippen molar-refractivity contribution in [1.29, 1.82) is 0 Å². The summed E-state index contributed by atoms with van der Waals surface area (Å²) in [7, 11) is -3.52. The summed E-state index contributed by atoms with van der Waals surface area (Å²) in [5, 5.41) is 7.61. The average Bonchev–Trinajstić information content (AvgIpc) is 3.03. The van der Waals surface area contributed by atoms with Crippen molar-refractivity contribution in [3.05, 3.63) is 62.7 Å². The van der Waals surface area contributed by atoms with E-state index in [1.165, 1.54) is 29.1 Å². The Morgan fingerprint density at radius 1 is 1.21 bits per heavy atom. The minimum atomic E-state index is -3.52. The standard InChI is InChI=1S/C17H14BrCl2N5O3S/c1-9(15-23-17(18)24-25(15)14-4-3-11(19)8-21-14)22-16(26)10-5-12(20)7-13(6-10)29(2,27)28/h3-9H,1-2H3,(H,22,26). The van der Waals surface area contributed by atoms with E-state index < -0.39 is 21.8 Å². The lowest BCUT2D eigenvalue weighted by Crippen LogP contribution is -2.29. The Morgan fingerprint density at radius 3 is 2.55 bits per heavy atom. The molecule has 0 aliphatic rings. The predicted molar refractivity (Wildman–Crippen MR) is 112 cm³/mol. The van der Waals surface area contributed by atoms with Gasteiger partial charge in [-0.1, -0.05) is 23.2 Å². The number of pyridine rings is 1. The van der Waals surface area contributed by atoms with Gasteiger partial charge in [-0.3, -0.25) is 4.79 Å². The van der Waals surface area contributed by atoms with Crippen LogP contribution in [-0.4, -0.2) is 40.3 Å². The molecule has 152 valence electrons. The molecule has 8 nitrogen and oxygen atoms in total. The molecule has 3 rings (SSSR count). The summed E-state index contributed by atoms with van der Waals surface area (Å²) < 4.78 is 25.4. The van der Waals surface area contributed by atoms with Crippen LogP contribution in [0.25, 0.3) is 5.82 Å². The highest BCUT2D eigenvalue weighted by atomic mass is 79.9. The van der Waals surface area contributed by atoms with Gasteiger partial charge in [-0.05, 0) is 53.2 Å². The van der Waals surface area contributed by atoms with Gasteiger partial charge in [0, 0.05) is 23.0 Å². The molecule has 3 aromatic rings. The number of carbonyl (C=O) groups is 1. The SMILES string of the molecule is CC(NC(=O)c1cc(Cl)cc(S(C)(=O)=O)c1)c1nc(Br)nn1-c1ccc(Cl)cn1. The Morgan fingerprint density at radius 2 is 1.93 bits per heavy atom. The van der Waals surface area contributed by atoms with Crippen LogP contribution >= 0.6 is 39.1 Å². The second-order valence-corrected chi connectivity index (χ2v) is 9.73. The summed E-state index contributed by atoms with van der Waals surface area (Å²) in [6, 6.07) is 6.68. The van der Waals surface area contributed by atoms with Crippen molar-refractivity contribution in [2.75, 3.05) is 6.26 Å². The molecular weight excluding hydrogens is 505 g/mol. The third kappa shape index (κ3) is 5.13. The lowest BCUT2D eigenvalue weighted by atomic mass is 10.2. The van der Waals surface area contributed by atoms with Crippen LogP contribution < -0.4 is 5.32 Å². The molecular formula is C17H14BrCl2N5O3S. The largest absolute Gasteiger partial charge is 0.342 e. The molecule has 0 spiro atoms. The van der Waals surface area contributed by atoms with Gasteiger partial charge in [-0.25, -0.2) is 18.4 Å². The van der Waals surface area contributed by atoms with E-state index in [9.17, 15) is 13.2 Å². The topological polar surface area (TPSA) is 107 Å². The minimum Gasteiger partial charge on any atom is -0.342 e. The molecule has 0 aliphatic carbocycles. The van der Waals surface area contributed by atoms with Gasteiger partial charge in [0.05, 0.1) is 16.0 Å². The van der Waals surface area contributed by atoms with Gasteiger partial charge in [-0.15, -0.1) is 5.10 Å². The number of hydrogen-bond donors (Lipinski definition) is 1. The average molecular weight is 519 g/mol. The van der Waals surface area contributed by atoms with E-state index in [-0.39, 0.29) is 15.5 Å². The number of amides is 1. The maximum absolute atomic E-state index is 12.7. The Labute approximate surface area is 185 Å². The third-order valence-electron chi connectivity index (χ3n) is 3.83. The van der Waals surface area contributed by atoms with E-state index in [2.05, 4.69) is 36.3 Å². The molecule has 0 bridgehead atoms. The first-order valence-corrected chi connectivity index (χ1v) is 11.5. The second-order valence-electron chi connectivity index (χ2n) is 6.13. The molecule has 0 aliphatic heterocycles. The Kier molecular flexibility index (Phi) is 6.27. The first kappa shape index (κ1) is 21.7. The van der Waals surface area contributed by atoms with Gasteiger partial charge < -0.3 is 5.32 Å². The van der Waals surface area contributed by atoms with Gasteiger partial charge in [0.2, 0.25) is 4.73 Å². The first-order valence-electron chi connectivity index (χ1n) is 8.10. The van der Waals surface area contributed by atoms with E-state index in [0.717, 1.165) is 6.26 Å². The lowest BCUT2D eigenvalue weighted by Gasteiger charge is -2.15. The number of rotatable bonds is 5. The van der Waals surface area contributed by atoms with E-state index in [4.69, 9.17) is 23.2 Å². The van der Waals surface area contributed by atoms with Crippen molar-refractivity contribution in [1.82, 2.24) is 25.1 Å². The summed E-state index contributed by atoms with van der Waals surface area (Å²) in [5.74, 6) is 0.357. The van der Waals surface area contributed by atoms with Crippen molar-refractivity contribution < 1.29 is 13.2 Å². The van der Waals surface area contributed by atoms with Crippen LogP contribution in [0.15, 0.2) is 46.2 Å². The van der Waals surface area contributed by atoms with E-state index in [0.29, 0.717) is 21.4 Å². The zero-order valence-corrected chi connectivity index (χ0v) is 19.0. The Hall–Kier alpha value is -2.01. The van der Waals surface area contributed by atoms with E-state index in [1.54, 1.807) is 19.1 Å². The fourth-order valence-corrected chi connectivity index (χ4v) is 3.93. The molecule has 1 atom stereocenters. The molecule has 29 heavy (non-hydrogen) atoms. The number of nitrogens with one attached hydrogen (secondary N) is 1. The van der Waals surface area contributed by atoms with Crippen LogP contribution in [0.4, 0.5) is 0 Å². The molecule has 0 fully saturated rings. The van der Waals surface area contributed by atoms with Crippen LogP contribution in [-0.2, 0) is 9.84 Å². The molecule has 0 saturated heterocycles. The highest BCUT2D eigenvalue weighted by molar-refractivity contribution is 9.10. The molecule has 1 amide bonds. The molecule has 1 aromatic carbocycles. The van der Waals surface area contributed by atoms with Crippen molar-refractivity contribution in [2.45, 2.75) is 17.9 Å². The Bertz CT molecular complexity index is 1180. The fraction of sp³-hybridized carbons (Fsp3) is 0.176. The van der Waals surface area contributed by atoms with E-state index >= 15 is 0 Å². The summed E-state index contributed by atoms with van der Waals surface area (Å²) in [4.78, 5) is 21.1. The number of benzene rings is 1. The molecule has 1 N–H and O–H groups in total. The smallest absolute Gasteiger partial charge is 0.251 e. The normalized spacial score (nSPS) is 12.6. The number of carbonyl (C=O) groups excluding carboxylic acids is 1. The molecule has 0 saturated carbocycles. The quantitative estimate of drug-likeness (QED) is 0.552. The van der Waals surface area contributed by atoms with Crippen molar-refractivity contribution >= 4 is 54.9 Å². The van der Waals surface area contributed by atoms with Gasteiger partial charge in [0.25, 0.3) is 5.91 Å². The zero-order chi connectivity index (χ0) is 21.3. The molecule has 0 radical (unpaired) electrons. The first-order chi connectivity index (χ1) is 13.5. The lowest BCUT2D eigenvalue weighted by molar-refractivity contribution is 0.0937. The van der Waals surface area contributed by atoms with Crippen molar-refractivity contribution in [3.8, 4) is 5.82 Å². The predicted octanol–water partition coefficient (Wildman–Crippen LogP) is 3.63.